The van der Waals surface area contributed by atoms with E-state index in [4.69, 9.17) is 0 Å². The SMILES string of the molecule is CNC1CCN(C2C(C)(C)C2(C)C)C1. The number of nitrogens with zero attached hydrogens (tertiary/aromatic N) is 1. The van der Waals surface area contributed by atoms with Crippen LogP contribution >= 0.6 is 0 Å². The van der Waals surface area contributed by atoms with Crippen LogP contribution in [0.3, 0.4) is 0 Å². The molecule has 82 valence electrons. The molecule has 1 unspecified atom stereocenters. The largest absolute Gasteiger partial charge is 0.316 e. The van der Waals surface area contributed by atoms with E-state index in [0.717, 1.165) is 12.1 Å². The zero-order valence-electron chi connectivity index (χ0n) is 10.2. The maximum atomic E-state index is 3.39. The van der Waals surface area contributed by atoms with Crippen molar-refractivity contribution < 1.29 is 0 Å². The van der Waals surface area contributed by atoms with Crippen molar-refractivity contribution in [2.24, 2.45) is 10.8 Å². The Balaban J connectivity index is 2.00. The van der Waals surface area contributed by atoms with Crippen LogP contribution in [0.2, 0.25) is 0 Å². The summed E-state index contributed by atoms with van der Waals surface area (Å²) in [4.78, 5) is 2.68. The van der Waals surface area contributed by atoms with Gasteiger partial charge in [-0.25, -0.2) is 0 Å². The lowest BCUT2D eigenvalue weighted by Gasteiger charge is -2.18. The third-order valence-corrected chi connectivity index (χ3v) is 4.94. The second-order valence-corrected chi connectivity index (χ2v) is 6.12. The minimum absolute atomic E-state index is 0.510. The van der Waals surface area contributed by atoms with E-state index in [9.17, 15) is 0 Å². The molecule has 0 aromatic carbocycles. The molecule has 0 aromatic rings. The number of likely N-dealkylation sites (N-methyl/N-ethyl adjacent to an activating group) is 1. The van der Waals surface area contributed by atoms with Crippen LogP contribution < -0.4 is 5.32 Å². The molecule has 0 aromatic heterocycles. The molecule has 1 N–H and O–H groups in total. The highest BCUT2D eigenvalue weighted by molar-refractivity contribution is 5.19. The van der Waals surface area contributed by atoms with Crippen LogP contribution in [0.1, 0.15) is 34.1 Å². The monoisotopic (exact) mass is 196 g/mol. The fourth-order valence-corrected chi connectivity index (χ4v) is 3.33. The van der Waals surface area contributed by atoms with Crippen molar-refractivity contribution in [3.63, 3.8) is 0 Å². The van der Waals surface area contributed by atoms with E-state index in [1.165, 1.54) is 19.5 Å². The summed E-state index contributed by atoms with van der Waals surface area (Å²) in [5.74, 6) is 0. The summed E-state index contributed by atoms with van der Waals surface area (Å²) in [7, 11) is 2.08. The van der Waals surface area contributed by atoms with Crippen LogP contribution in [0.15, 0.2) is 0 Å². The Kier molecular flexibility index (Phi) is 2.20. The predicted molar refractivity (Wildman–Crippen MR) is 60.4 cm³/mol. The van der Waals surface area contributed by atoms with E-state index in [-0.39, 0.29) is 0 Å². The molecule has 0 bridgehead atoms. The quantitative estimate of drug-likeness (QED) is 0.723. The van der Waals surface area contributed by atoms with Crippen molar-refractivity contribution in [1.82, 2.24) is 10.2 Å². The normalized spacial score (nSPS) is 36.2. The van der Waals surface area contributed by atoms with Crippen LogP contribution in [0.25, 0.3) is 0 Å². The Bertz CT molecular complexity index is 218. The minimum Gasteiger partial charge on any atom is -0.316 e. The molecule has 0 amide bonds. The highest BCUT2D eigenvalue weighted by Crippen LogP contribution is 2.65. The van der Waals surface area contributed by atoms with Crippen LogP contribution in [0, 0.1) is 10.8 Å². The Morgan fingerprint density at radius 2 is 1.71 bits per heavy atom. The van der Waals surface area contributed by atoms with Gasteiger partial charge in [-0.05, 0) is 24.3 Å². The standard InChI is InChI=1S/C12H24N2/c1-11(2)10(12(11,3)4)14-7-6-9(8-14)13-5/h9-10,13H,6-8H2,1-5H3. The van der Waals surface area contributed by atoms with Gasteiger partial charge in [0.25, 0.3) is 0 Å². The predicted octanol–water partition coefficient (Wildman–Crippen LogP) is 1.71. The van der Waals surface area contributed by atoms with Gasteiger partial charge in [0.05, 0.1) is 0 Å². The van der Waals surface area contributed by atoms with Crippen molar-refractivity contribution in [3.8, 4) is 0 Å². The number of nitrogens with one attached hydrogen (secondary N) is 1. The molecule has 1 saturated carbocycles. The van der Waals surface area contributed by atoms with Gasteiger partial charge < -0.3 is 5.32 Å². The molecule has 0 spiro atoms. The second-order valence-electron chi connectivity index (χ2n) is 6.12. The summed E-state index contributed by atoms with van der Waals surface area (Å²) in [5.41, 5.74) is 1.02. The van der Waals surface area contributed by atoms with Crippen LogP contribution in [-0.4, -0.2) is 37.1 Å². The summed E-state index contributed by atoms with van der Waals surface area (Å²) in [6.07, 6.45) is 1.32. The summed E-state index contributed by atoms with van der Waals surface area (Å²) in [6, 6.07) is 1.52. The number of rotatable bonds is 2. The van der Waals surface area contributed by atoms with E-state index in [2.05, 4.69) is 45.0 Å². The van der Waals surface area contributed by atoms with Gasteiger partial charge in [-0.2, -0.15) is 0 Å². The molecule has 2 nitrogen and oxygen atoms in total. The van der Waals surface area contributed by atoms with Gasteiger partial charge in [0.15, 0.2) is 0 Å². The van der Waals surface area contributed by atoms with Crippen molar-refractivity contribution in [3.05, 3.63) is 0 Å². The molecule has 2 heteroatoms. The van der Waals surface area contributed by atoms with Crippen molar-refractivity contribution >= 4 is 0 Å². The zero-order chi connectivity index (χ0) is 10.6. The Labute approximate surface area is 88.1 Å². The third-order valence-electron chi connectivity index (χ3n) is 4.94. The first kappa shape index (κ1) is 10.4. The van der Waals surface area contributed by atoms with Gasteiger partial charge in [-0.3, -0.25) is 4.90 Å². The van der Waals surface area contributed by atoms with Gasteiger partial charge in [0, 0.05) is 25.2 Å². The Hall–Kier alpha value is -0.0800. The maximum Gasteiger partial charge on any atom is 0.0210 e. The molecular weight excluding hydrogens is 172 g/mol. The average Bonchev–Trinajstić information content (AvgIpc) is 2.51. The molecule has 2 rings (SSSR count). The number of hydrogen-bond donors (Lipinski definition) is 1. The molecule has 1 aliphatic heterocycles. The minimum atomic E-state index is 0.510. The molecule has 1 aliphatic carbocycles. The van der Waals surface area contributed by atoms with E-state index >= 15 is 0 Å². The molecule has 1 saturated heterocycles. The summed E-state index contributed by atoms with van der Waals surface area (Å²) in [5, 5.41) is 3.39. The van der Waals surface area contributed by atoms with Gasteiger partial charge in [0.1, 0.15) is 0 Å². The van der Waals surface area contributed by atoms with Gasteiger partial charge >= 0.3 is 0 Å². The molecule has 1 atom stereocenters. The van der Waals surface area contributed by atoms with Gasteiger partial charge in [-0.1, -0.05) is 27.7 Å². The molecule has 2 fully saturated rings. The first-order valence-corrected chi connectivity index (χ1v) is 5.82. The highest BCUT2D eigenvalue weighted by atomic mass is 15.3. The Morgan fingerprint density at radius 1 is 1.14 bits per heavy atom. The van der Waals surface area contributed by atoms with Gasteiger partial charge in [0.2, 0.25) is 0 Å². The molecule has 14 heavy (non-hydrogen) atoms. The summed E-state index contributed by atoms with van der Waals surface area (Å²) in [6.45, 7) is 12.2. The molecule has 2 aliphatic rings. The molecule has 1 heterocycles. The van der Waals surface area contributed by atoms with Crippen LogP contribution in [0.5, 0.6) is 0 Å². The van der Waals surface area contributed by atoms with Crippen molar-refractivity contribution in [2.75, 3.05) is 20.1 Å². The lowest BCUT2D eigenvalue weighted by atomic mass is 10.0. The smallest absolute Gasteiger partial charge is 0.0210 e. The fourth-order valence-electron chi connectivity index (χ4n) is 3.33. The third kappa shape index (κ3) is 1.24. The van der Waals surface area contributed by atoms with Gasteiger partial charge in [-0.15, -0.1) is 0 Å². The summed E-state index contributed by atoms with van der Waals surface area (Å²) >= 11 is 0. The number of likely N-dealkylation sites (tertiary alicyclic amines) is 1. The first-order chi connectivity index (χ1) is 6.41. The average molecular weight is 196 g/mol. The fraction of sp³-hybridized carbons (Fsp3) is 1.00. The van der Waals surface area contributed by atoms with E-state index in [1.54, 1.807) is 0 Å². The highest BCUT2D eigenvalue weighted by Gasteiger charge is 2.67. The van der Waals surface area contributed by atoms with E-state index in [1.807, 2.05) is 0 Å². The second kappa shape index (κ2) is 2.96. The van der Waals surface area contributed by atoms with Crippen molar-refractivity contribution in [2.45, 2.75) is 46.2 Å². The lowest BCUT2D eigenvalue weighted by Crippen LogP contribution is -2.33. The molecule has 0 radical (unpaired) electrons. The van der Waals surface area contributed by atoms with E-state index < -0.39 is 0 Å². The summed E-state index contributed by atoms with van der Waals surface area (Å²) < 4.78 is 0. The Morgan fingerprint density at radius 3 is 2.07 bits per heavy atom. The van der Waals surface area contributed by atoms with Crippen LogP contribution in [0.4, 0.5) is 0 Å². The zero-order valence-corrected chi connectivity index (χ0v) is 10.2. The van der Waals surface area contributed by atoms with Crippen molar-refractivity contribution in [1.29, 1.82) is 0 Å². The number of hydrogen-bond acceptors (Lipinski definition) is 2. The van der Waals surface area contributed by atoms with Crippen LogP contribution in [-0.2, 0) is 0 Å². The van der Waals surface area contributed by atoms with E-state index in [0.29, 0.717) is 10.8 Å². The maximum absolute atomic E-state index is 3.39. The lowest BCUT2D eigenvalue weighted by molar-refractivity contribution is 0.272. The molecular formula is C12H24N2. The first-order valence-electron chi connectivity index (χ1n) is 5.82. The topological polar surface area (TPSA) is 15.3 Å².